The van der Waals surface area contributed by atoms with Crippen LogP contribution in [0.5, 0.6) is 0 Å². The zero-order chi connectivity index (χ0) is 20.5. The molecule has 7 heteroatoms. The molecule has 1 aromatic carbocycles. The number of thiazole rings is 1. The van der Waals surface area contributed by atoms with Crippen molar-refractivity contribution in [2.45, 2.75) is 32.2 Å². The van der Waals surface area contributed by atoms with Gasteiger partial charge in [-0.05, 0) is 26.3 Å². The Morgan fingerprint density at radius 3 is 2.36 bits per heavy atom. The standard InChI is InChI=1S/C21H24N2O4S/c1-12-11-28-18(22-12)16-15(19(24)26-4)13(2)23-21(3,17(16)20(25)27-5)14-9-7-6-8-10-14/h6-11,16-17,23H,1-5H3. The van der Waals surface area contributed by atoms with Crippen molar-refractivity contribution in [3.63, 3.8) is 0 Å². The van der Waals surface area contributed by atoms with E-state index in [1.807, 2.05) is 56.5 Å². The van der Waals surface area contributed by atoms with Crippen molar-refractivity contribution in [3.8, 4) is 0 Å². The molecule has 0 spiro atoms. The summed E-state index contributed by atoms with van der Waals surface area (Å²) in [7, 11) is 2.70. The largest absolute Gasteiger partial charge is 0.469 e. The monoisotopic (exact) mass is 400 g/mol. The lowest BCUT2D eigenvalue weighted by atomic mass is 9.67. The molecule has 0 saturated carbocycles. The molecule has 1 N–H and O–H groups in total. The van der Waals surface area contributed by atoms with Gasteiger partial charge in [0.2, 0.25) is 0 Å². The van der Waals surface area contributed by atoms with Crippen LogP contribution >= 0.6 is 11.3 Å². The van der Waals surface area contributed by atoms with Gasteiger partial charge in [-0.1, -0.05) is 30.3 Å². The smallest absolute Gasteiger partial charge is 0.336 e. The highest BCUT2D eigenvalue weighted by Crippen LogP contribution is 2.49. The third-order valence-electron chi connectivity index (χ3n) is 5.25. The van der Waals surface area contributed by atoms with Crippen LogP contribution in [0.1, 0.15) is 36.0 Å². The Morgan fingerprint density at radius 1 is 1.14 bits per heavy atom. The molecule has 1 aliphatic rings. The predicted molar refractivity (Wildman–Crippen MR) is 107 cm³/mol. The molecule has 2 heterocycles. The Kier molecular flexibility index (Phi) is 5.56. The van der Waals surface area contributed by atoms with E-state index in [1.54, 1.807) is 0 Å². The van der Waals surface area contributed by atoms with Gasteiger partial charge in [-0.25, -0.2) is 9.78 Å². The maximum absolute atomic E-state index is 13.0. The number of aryl methyl sites for hydroxylation is 1. The van der Waals surface area contributed by atoms with Crippen LogP contribution in [0.2, 0.25) is 0 Å². The molecule has 1 aliphatic heterocycles. The first-order chi connectivity index (χ1) is 13.3. The predicted octanol–water partition coefficient (Wildman–Crippen LogP) is 3.29. The van der Waals surface area contributed by atoms with E-state index in [0.717, 1.165) is 11.3 Å². The van der Waals surface area contributed by atoms with Crippen LogP contribution in [0.25, 0.3) is 0 Å². The van der Waals surface area contributed by atoms with Gasteiger partial charge in [0.1, 0.15) is 5.01 Å². The highest BCUT2D eigenvalue weighted by Gasteiger charge is 2.53. The fourth-order valence-corrected chi connectivity index (χ4v) is 4.92. The lowest BCUT2D eigenvalue weighted by molar-refractivity contribution is -0.150. The molecular weight excluding hydrogens is 376 g/mol. The van der Waals surface area contributed by atoms with Gasteiger partial charge in [0.25, 0.3) is 0 Å². The summed E-state index contributed by atoms with van der Waals surface area (Å²) in [5.41, 5.74) is 2.04. The molecule has 6 nitrogen and oxygen atoms in total. The van der Waals surface area contributed by atoms with Crippen molar-refractivity contribution in [1.29, 1.82) is 0 Å². The summed E-state index contributed by atoms with van der Waals surface area (Å²) in [6.07, 6.45) is 0. The minimum Gasteiger partial charge on any atom is -0.469 e. The maximum atomic E-state index is 13.0. The molecule has 0 bridgehead atoms. The number of benzene rings is 1. The van der Waals surface area contributed by atoms with E-state index in [4.69, 9.17) is 9.47 Å². The van der Waals surface area contributed by atoms with E-state index in [9.17, 15) is 9.59 Å². The van der Waals surface area contributed by atoms with Crippen molar-refractivity contribution in [1.82, 2.24) is 10.3 Å². The summed E-state index contributed by atoms with van der Waals surface area (Å²) >= 11 is 1.43. The van der Waals surface area contributed by atoms with Gasteiger partial charge in [0, 0.05) is 16.8 Å². The van der Waals surface area contributed by atoms with Gasteiger partial charge < -0.3 is 14.8 Å². The number of carbonyl (C=O) groups is 2. The SMILES string of the molecule is COC(=O)C1=C(C)NC(C)(c2ccccc2)C(C(=O)OC)C1c1nc(C)cs1. The number of aromatic nitrogens is 1. The van der Waals surface area contributed by atoms with Crippen LogP contribution in [0.3, 0.4) is 0 Å². The van der Waals surface area contributed by atoms with E-state index in [0.29, 0.717) is 16.3 Å². The molecule has 148 valence electrons. The van der Waals surface area contributed by atoms with Gasteiger partial charge >= 0.3 is 11.9 Å². The Hall–Kier alpha value is -2.67. The fraction of sp³-hybridized carbons (Fsp3) is 0.381. The molecule has 3 rings (SSSR count). The Balaban J connectivity index is 2.29. The number of carbonyl (C=O) groups excluding carboxylic acids is 2. The first kappa shape index (κ1) is 20.1. The van der Waals surface area contributed by atoms with E-state index < -0.39 is 29.3 Å². The average Bonchev–Trinajstić information content (AvgIpc) is 3.13. The fourth-order valence-electron chi connectivity index (χ4n) is 3.97. The zero-order valence-electron chi connectivity index (χ0n) is 16.6. The lowest BCUT2D eigenvalue weighted by Crippen LogP contribution is -2.55. The van der Waals surface area contributed by atoms with Crippen LogP contribution in [-0.4, -0.2) is 31.1 Å². The number of ether oxygens (including phenoxy) is 2. The number of rotatable bonds is 4. The maximum Gasteiger partial charge on any atom is 0.336 e. The number of esters is 2. The van der Waals surface area contributed by atoms with Gasteiger partial charge in [-0.2, -0.15) is 0 Å². The molecule has 3 atom stereocenters. The van der Waals surface area contributed by atoms with Crippen LogP contribution in [0, 0.1) is 12.8 Å². The van der Waals surface area contributed by atoms with Crippen molar-refractivity contribution in [2.75, 3.05) is 14.2 Å². The highest BCUT2D eigenvalue weighted by atomic mass is 32.1. The quantitative estimate of drug-likeness (QED) is 0.794. The molecular formula is C21H24N2O4S. The van der Waals surface area contributed by atoms with Crippen LogP contribution < -0.4 is 5.32 Å². The molecule has 2 aromatic rings. The van der Waals surface area contributed by atoms with E-state index in [-0.39, 0.29) is 0 Å². The molecule has 0 amide bonds. The van der Waals surface area contributed by atoms with Gasteiger partial charge in [0.05, 0.1) is 37.2 Å². The van der Waals surface area contributed by atoms with E-state index in [1.165, 1.54) is 25.6 Å². The third-order valence-corrected chi connectivity index (χ3v) is 6.30. The zero-order valence-corrected chi connectivity index (χ0v) is 17.4. The summed E-state index contributed by atoms with van der Waals surface area (Å²) in [6, 6.07) is 9.70. The van der Waals surface area contributed by atoms with Crippen molar-refractivity contribution in [3.05, 3.63) is 63.2 Å². The molecule has 28 heavy (non-hydrogen) atoms. The first-order valence-electron chi connectivity index (χ1n) is 8.96. The number of nitrogens with zero attached hydrogens (tertiary/aromatic N) is 1. The molecule has 0 radical (unpaired) electrons. The highest BCUT2D eigenvalue weighted by molar-refractivity contribution is 7.09. The lowest BCUT2D eigenvalue weighted by Gasteiger charge is -2.46. The van der Waals surface area contributed by atoms with Gasteiger partial charge in [-0.15, -0.1) is 11.3 Å². The number of allylic oxidation sites excluding steroid dienone is 1. The Morgan fingerprint density at radius 2 is 1.82 bits per heavy atom. The van der Waals surface area contributed by atoms with Crippen LogP contribution in [0.15, 0.2) is 47.0 Å². The first-order valence-corrected chi connectivity index (χ1v) is 9.84. The third kappa shape index (κ3) is 3.30. The van der Waals surface area contributed by atoms with E-state index >= 15 is 0 Å². The minimum absolute atomic E-state index is 0.403. The Bertz CT molecular complexity index is 921. The van der Waals surface area contributed by atoms with Gasteiger partial charge in [0.15, 0.2) is 0 Å². The average molecular weight is 401 g/mol. The number of methoxy groups -OCH3 is 2. The van der Waals surface area contributed by atoms with Crippen molar-refractivity contribution >= 4 is 23.3 Å². The minimum atomic E-state index is -0.791. The summed E-state index contributed by atoms with van der Waals surface area (Å²) in [5, 5.41) is 6.00. The summed E-state index contributed by atoms with van der Waals surface area (Å²) < 4.78 is 10.2. The number of hydrogen-bond acceptors (Lipinski definition) is 7. The molecule has 3 unspecified atom stereocenters. The van der Waals surface area contributed by atoms with Crippen molar-refractivity contribution in [2.24, 2.45) is 5.92 Å². The number of nitrogens with one attached hydrogen (secondary N) is 1. The number of hydrogen-bond donors (Lipinski definition) is 1. The summed E-state index contributed by atoms with van der Waals surface area (Å²) in [5.74, 6) is -2.18. The van der Waals surface area contributed by atoms with Crippen molar-refractivity contribution < 1.29 is 19.1 Å². The van der Waals surface area contributed by atoms with Gasteiger partial charge in [-0.3, -0.25) is 4.79 Å². The summed E-state index contributed by atoms with van der Waals surface area (Å²) in [6.45, 7) is 5.67. The second-order valence-electron chi connectivity index (χ2n) is 7.03. The topological polar surface area (TPSA) is 77.5 Å². The normalized spacial score (nSPS) is 24.5. The van der Waals surface area contributed by atoms with Crippen LogP contribution in [0.4, 0.5) is 0 Å². The molecule has 0 fully saturated rings. The van der Waals surface area contributed by atoms with Crippen LogP contribution in [-0.2, 0) is 24.6 Å². The second-order valence-corrected chi connectivity index (χ2v) is 7.92. The van der Waals surface area contributed by atoms with E-state index in [2.05, 4.69) is 10.3 Å². The molecule has 1 aromatic heterocycles. The second kappa shape index (κ2) is 7.75. The molecule has 0 saturated heterocycles. The molecule has 0 aliphatic carbocycles. The Labute approximate surface area is 168 Å². The summed E-state index contributed by atoms with van der Waals surface area (Å²) in [4.78, 5) is 30.3.